The second-order valence-electron chi connectivity index (χ2n) is 5.09. The highest BCUT2D eigenvalue weighted by atomic mass is 35.5. The fourth-order valence-corrected chi connectivity index (χ4v) is 1.67. The first kappa shape index (κ1) is 13.6. The third-order valence-electron chi connectivity index (χ3n) is 2.31. The van der Waals surface area contributed by atoms with Gasteiger partial charge in [-0.2, -0.15) is 0 Å². The van der Waals surface area contributed by atoms with Crippen LogP contribution in [0.15, 0.2) is 0 Å². The van der Waals surface area contributed by atoms with Gasteiger partial charge in [0.25, 0.3) is 0 Å². The highest BCUT2D eigenvalue weighted by Gasteiger charge is 2.32. The zero-order valence-electron chi connectivity index (χ0n) is 10.3. The van der Waals surface area contributed by atoms with Crippen molar-refractivity contribution in [3.8, 4) is 0 Å². The number of halogens is 1. The Morgan fingerprint density at radius 2 is 2.19 bits per heavy atom. The van der Waals surface area contributed by atoms with E-state index in [1.807, 2.05) is 27.7 Å². The van der Waals surface area contributed by atoms with Crippen LogP contribution in [0.25, 0.3) is 0 Å². The van der Waals surface area contributed by atoms with Crippen molar-refractivity contribution in [1.29, 1.82) is 0 Å². The van der Waals surface area contributed by atoms with Crippen LogP contribution in [0, 0.1) is 0 Å². The average molecular weight is 250 g/mol. The summed E-state index contributed by atoms with van der Waals surface area (Å²) in [5, 5.41) is 0. The van der Waals surface area contributed by atoms with Gasteiger partial charge >= 0.3 is 6.09 Å². The number of amides is 1. The molecule has 0 saturated carbocycles. The van der Waals surface area contributed by atoms with Crippen molar-refractivity contribution in [2.75, 3.05) is 19.0 Å². The smallest absolute Gasteiger partial charge is 0.410 e. The lowest BCUT2D eigenvalue weighted by Gasteiger charge is -2.38. The van der Waals surface area contributed by atoms with E-state index in [0.29, 0.717) is 19.0 Å². The maximum Gasteiger partial charge on any atom is 0.410 e. The molecule has 1 aliphatic heterocycles. The minimum Gasteiger partial charge on any atom is -0.444 e. The van der Waals surface area contributed by atoms with Gasteiger partial charge in [0.15, 0.2) is 0 Å². The lowest BCUT2D eigenvalue weighted by atomic mass is 10.2. The first-order chi connectivity index (χ1) is 7.33. The SMILES string of the molecule is CC1COC(CCl)CN1C(=O)OC(C)(C)C. The minimum atomic E-state index is -0.467. The first-order valence-electron chi connectivity index (χ1n) is 5.50. The molecular weight excluding hydrogens is 230 g/mol. The van der Waals surface area contributed by atoms with E-state index in [9.17, 15) is 4.79 Å². The lowest BCUT2D eigenvalue weighted by Crippen LogP contribution is -2.52. The Kier molecular flexibility index (Phi) is 4.44. The summed E-state index contributed by atoms with van der Waals surface area (Å²) in [6, 6.07) is 0.0364. The molecule has 2 unspecified atom stereocenters. The maximum absolute atomic E-state index is 11.9. The van der Waals surface area contributed by atoms with Crippen molar-refractivity contribution in [2.45, 2.75) is 45.4 Å². The Balaban J connectivity index is 2.59. The third kappa shape index (κ3) is 3.83. The summed E-state index contributed by atoms with van der Waals surface area (Å²) in [5.41, 5.74) is -0.467. The molecule has 0 aliphatic carbocycles. The van der Waals surface area contributed by atoms with Crippen LogP contribution in [0.1, 0.15) is 27.7 Å². The molecule has 2 atom stereocenters. The van der Waals surface area contributed by atoms with Gasteiger partial charge < -0.3 is 14.4 Å². The van der Waals surface area contributed by atoms with Crippen molar-refractivity contribution >= 4 is 17.7 Å². The number of ether oxygens (including phenoxy) is 2. The highest BCUT2D eigenvalue weighted by molar-refractivity contribution is 6.18. The molecule has 94 valence electrons. The second-order valence-corrected chi connectivity index (χ2v) is 5.40. The van der Waals surface area contributed by atoms with E-state index < -0.39 is 5.60 Å². The Labute approximate surface area is 102 Å². The number of nitrogens with zero attached hydrogens (tertiary/aromatic N) is 1. The predicted molar refractivity (Wildman–Crippen MR) is 62.9 cm³/mol. The largest absolute Gasteiger partial charge is 0.444 e. The van der Waals surface area contributed by atoms with Crippen LogP contribution in [0.5, 0.6) is 0 Å². The lowest BCUT2D eigenvalue weighted by molar-refractivity contribution is -0.0575. The van der Waals surface area contributed by atoms with Crippen LogP contribution >= 0.6 is 11.6 Å². The molecule has 4 nitrogen and oxygen atoms in total. The second kappa shape index (κ2) is 5.23. The molecular formula is C11H20ClNO3. The average Bonchev–Trinajstić information content (AvgIpc) is 2.15. The van der Waals surface area contributed by atoms with Crippen LogP contribution in [0.3, 0.4) is 0 Å². The number of hydrogen-bond donors (Lipinski definition) is 0. The van der Waals surface area contributed by atoms with Crippen molar-refractivity contribution in [3.63, 3.8) is 0 Å². The van der Waals surface area contributed by atoms with E-state index >= 15 is 0 Å². The molecule has 1 rings (SSSR count). The number of morpholine rings is 1. The Hall–Kier alpha value is -0.480. The molecule has 0 radical (unpaired) electrons. The number of alkyl halides is 1. The van der Waals surface area contributed by atoms with Gasteiger partial charge in [0.2, 0.25) is 0 Å². The van der Waals surface area contributed by atoms with Crippen LogP contribution in [-0.2, 0) is 9.47 Å². The fourth-order valence-electron chi connectivity index (χ4n) is 1.49. The van der Waals surface area contributed by atoms with E-state index in [1.54, 1.807) is 4.90 Å². The molecule has 0 bridgehead atoms. The first-order valence-corrected chi connectivity index (χ1v) is 6.04. The standard InChI is InChI=1S/C11H20ClNO3/c1-8-7-15-9(5-12)6-13(8)10(14)16-11(2,3)4/h8-9H,5-7H2,1-4H3. The normalized spacial score (nSPS) is 26.7. The van der Waals surface area contributed by atoms with Crippen molar-refractivity contribution < 1.29 is 14.3 Å². The summed E-state index contributed by atoms with van der Waals surface area (Å²) in [5.74, 6) is 0.395. The van der Waals surface area contributed by atoms with Crippen molar-refractivity contribution in [3.05, 3.63) is 0 Å². The highest BCUT2D eigenvalue weighted by Crippen LogP contribution is 2.17. The van der Waals surface area contributed by atoms with E-state index in [2.05, 4.69) is 0 Å². The zero-order valence-corrected chi connectivity index (χ0v) is 11.1. The van der Waals surface area contributed by atoms with Crippen LogP contribution in [0.2, 0.25) is 0 Å². The molecule has 0 spiro atoms. The Bertz CT molecular complexity index is 252. The molecule has 0 N–H and O–H groups in total. The van der Waals surface area contributed by atoms with Gasteiger partial charge in [-0.1, -0.05) is 0 Å². The summed E-state index contributed by atoms with van der Waals surface area (Å²) >= 11 is 5.73. The predicted octanol–water partition coefficient (Wildman–Crippen LogP) is 2.25. The van der Waals surface area contributed by atoms with Gasteiger partial charge in [-0.3, -0.25) is 0 Å². The van der Waals surface area contributed by atoms with E-state index in [-0.39, 0.29) is 18.2 Å². The molecule has 0 aromatic heterocycles. The fraction of sp³-hybridized carbons (Fsp3) is 0.909. The Morgan fingerprint density at radius 1 is 1.56 bits per heavy atom. The summed E-state index contributed by atoms with van der Waals surface area (Å²) in [6.45, 7) is 8.52. The quantitative estimate of drug-likeness (QED) is 0.669. The molecule has 5 heteroatoms. The van der Waals surface area contributed by atoms with Gasteiger partial charge in [-0.15, -0.1) is 11.6 Å². The molecule has 0 aromatic rings. The molecule has 1 fully saturated rings. The van der Waals surface area contributed by atoms with Crippen LogP contribution < -0.4 is 0 Å². The molecule has 1 saturated heterocycles. The molecule has 1 heterocycles. The van der Waals surface area contributed by atoms with Crippen molar-refractivity contribution in [1.82, 2.24) is 4.90 Å². The van der Waals surface area contributed by atoms with Crippen LogP contribution in [0.4, 0.5) is 4.79 Å². The molecule has 0 aromatic carbocycles. The Morgan fingerprint density at radius 3 is 2.69 bits per heavy atom. The number of carbonyl (C=O) groups excluding carboxylic acids is 1. The third-order valence-corrected chi connectivity index (χ3v) is 2.65. The summed E-state index contributed by atoms with van der Waals surface area (Å²) in [6.07, 6.45) is -0.385. The topological polar surface area (TPSA) is 38.8 Å². The number of rotatable bonds is 1. The van der Waals surface area contributed by atoms with Gasteiger partial charge in [0.05, 0.1) is 31.2 Å². The molecule has 1 aliphatic rings. The van der Waals surface area contributed by atoms with Gasteiger partial charge in [0.1, 0.15) is 5.60 Å². The summed E-state index contributed by atoms with van der Waals surface area (Å²) < 4.78 is 10.8. The zero-order chi connectivity index (χ0) is 12.3. The van der Waals surface area contributed by atoms with E-state index in [1.165, 1.54) is 0 Å². The molecule has 16 heavy (non-hydrogen) atoms. The monoisotopic (exact) mass is 249 g/mol. The van der Waals surface area contributed by atoms with E-state index in [4.69, 9.17) is 21.1 Å². The number of carbonyl (C=O) groups is 1. The summed E-state index contributed by atoms with van der Waals surface area (Å²) in [7, 11) is 0. The number of hydrogen-bond acceptors (Lipinski definition) is 3. The van der Waals surface area contributed by atoms with Crippen molar-refractivity contribution in [2.24, 2.45) is 0 Å². The summed E-state index contributed by atoms with van der Waals surface area (Å²) in [4.78, 5) is 13.6. The minimum absolute atomic E-state index is 0.0364. The van der Waals surface area contributed by atoms with Gasteiger partial charge in [-0.05, 0) is 27.7 Å². The van der Waals surface area contributed by atoms with E-state index in [0.717, 1.165) is 0 Å². The maximum atomic E-state index is 11.9. The van der Waals surface area contributed by atoms with Crippen LogP contribution in [-0.4, -0.2) is 47.8 Å². The molecule has 1 amide bonds. The van der Waals surface area contributed by atoms with Gasteiger partial charge in [-0.25, -0.2) is 4.79 Å². The van der Waals surface area contributed by atoms with Gasteiger partial charge in [0, 0.05) is 0 Å².